The number of ether oxygens (including phenoxy) is 1. The molecule has 4 aromatic rings. The number of anilines is 1. The van der Waals surface area contributed by atoms with E-state index in [2.05, 4.69) is 25.2 Å². The summed E-state index contributed by atoms with van der Waals surface area (Å²) in [6, 6.07) is 9.51. The zero-order valence-corrected chi connectivity index (χ0v) is 18.0. The lowest BCUT2D eigenvalue weighted by Crippen LogP contribution is -2.35. The molecule has 1 amide bonds. The monoisotopic (exact) mass is 437 g/mol. The number of hydrogen-bond acceptors (Lipinski definition) is 7. The molecule has 0 saturated carbocycles. The zero-order chi connectivity index (χ0) is 21.2. The molecule has 2 N–H and O–H groups in total. The number of nitrogens with zero attached hydrogens (tertiary/aromatic N) is 3. The largest absolute Gasteiger partial charge is 0.459 e. The molecule has 1 aromatic carbocycles. The summed E-state index contributed by atoms with van der Waals surface area (Å²) in [4.78, 5) is 27.4. The fraction of sp³-hybridized carbons (Fsp3) is 0.318. The lowest BCUT2D eigenvalue weighted by atomic mass is 10.2. The van der Waals surface area contributed by atoms with Crippen LogP contribution >= 0.6 is 11.3 Å². The molecule has 0 aliphatic carbocycles. The molecule has 160 valence electrons. The molecule has 8 nitrogen and oxygen atoms in total. The molecule has 0 radical (unpaired) electrons. The van der Waals surface area contributed by atoms with Gasteiger partial charge in [-0.15, -0.1) is 11.3 Å². The van der Waals surface area contributed by atoms with E-state index in [4.69, 9.17) is 9.15 Å². The Labute approximate surface area is 183 Å². The maximum atomic E-state index is 12.5. The van der Waals surface area contributed by atoms with E-state index in [1.807, 2.05) is 42.6 Å². The second kappa shape index (κ2) is 8.62. The highest BCUT2D eigenvalue weighted by Crippen LogP contribution is 2.26. The average molecular weight is 438 g/mol. The predicted molar refractivity (Wildman–Crippen MR) is 119 cm³/mol. The molecule has 1 fully saturated rings. The van der Waals surface area contributed by atoms with Crippen molar-refractivity contribution in [3.63, 3.8) is 0 Å². The Hall–Kier alpha value is -3.01. The van der Waals surface area contributed by atoms with E-state index >= 15 is 0 Å². The van der Waals surface area contributed by atoms with Crippen molar-refractivity contribution in [3.8, 4) is 10.8 Å². The number of carbonyl (C=O) groups is 1. The van der Waals surface area contributed by atoms with Crippen LogP contribution in [-0.4, -0.2) is 52.1 Å². The van der Waals surface area contributed by atoms with Gasteiger partial charge in [0.05, 0.1) is 42.9 Å². The second-order valence-electron chi connectivity index (χ2n) is 7.58. The third kappa shape index (κ3) is 4.68. The minimum absolute atomic E-state index is 0.111. The van der Waals surface area contributed by atoms with E-state index < -0.39 is 0 Å². The van der Waals surface area contributed by atoms with E-state index in [0.29, 0.717) is 0 Å². The SMILES string of the molecule is Cc1ccc(-c2nc(CC(=O)Nc3ccc4nc(CN5CCOCC5)[nH]c4c3)cs2)o1. The first-order valence-corrected chi connectivity index (χ1v) is 11.1. The number of carbonyl (C=O) groups excluding carboxylic acids is 1. The van der Waals surface area contributed by atoms with Crippen LogP contribution in [0.2, 0.25) is 0 Å². The number of amides is 1. The van der Waals surface area contributed by atoms with E-state index in [1.54, 1.807) is 0 Å². The lowest BCUT2D eigenvalue weighted by molar-refractivity contribution is -0.115. The van der Waals surface area contributed by atoms with Gasteiger partial charge in [0.2, 0.25) is 5.91 Å². The highest BCUT2D eigenvalue weighted by molar-refractivity contribution is 7.13. The van der Waals surface area contributed by atoms with Gasteiger partial charge in [-0.05, 0) is 37.3 Å². The topological polar surface area (TPSA) is 96.3 Å². The maximum Gasteiger partial charge on any atom is 0.230 e. The standard InChI is InChI=1S/C22H23N5O3S/c1-14-2-5-19(30-14)22-24-16(13-31-22)11-21(28)23-15-3-4-17-18(10-15)26-20(25-17)12-27-6-8-29-9-7-27/h2-5,10,13H,6-9,11-12H2,1H3,(H,23,28)(H,25,26). The summed E-state index contributed by atoms with van der Waals surface area (Å²) in [7, 11) is 0. The van der Waals surface area contributed by atoms with E-state index in [9.17, 15) is 4.79 Å². The van der Waals surface area contributed by atoms with Crippen LogP contribution in [0.5, 0.6) is 0 Å². The number of aryl methyl sites for hydroxylation is 1. The first-order valence-electron chi connectivity index (χ1n) is 10.2. The first-order chi connectivity index (χ1) is 15.1. The van der Waals surface area contributed by atoms with E-state index in [-0.39, 0.29) is 12.3 Å². The Morgan fingerprint density at radius 1 is 1.23 bits per heavy atom. The molecule has 1 aliphatic heterocycles. The Kier molecular flexibility index (Phi) is 5.54. The van der Waals surface area contributed by atoms with Gasteiger partial charge in [0, 0.05) is 24.2 Å². The fourth-order valence-electron chi connectivity index (χ4n) is 3.61. The van der Waals surface area contributed by atoms with E-state index in [1.165, 1.54) is 11.3 Å². The van der Waals surface area contributed by atoms with Crippen LogP contribution in [0.3, 0.4) is 0 Å². The number of imidazole rings is 1. The Morgan fingerprint density at radius 3 is 2.90 bits per heavy atom. The third-order valence-electron chi connectivity index (χ3n) is 5.14. The number of fused-ring (bicyclic) bond motifs is 1. The van der Waals surface area contributed by atoms with Crippen molar-refractivity contribution >= 4 is 34.0 Å². The summed E-state index contributed by atoms with van der Waals surface area (Å²) in [5, 5.41) is 5.63. The molecular formula is C22H23N5O3S. The van der Waals surface area contributed by atoms with Gasteiger partial charge in [-0.25, -0.2) is 9.97 Å². The van der Waals surface area contributed by atoms with Crippen molar-refractivity contribution in [1.82, 2.24) is 19.9 Å². The van der Waals surface area contributed by atoms with Crippen LogP contribution in [0.4, 0.5) is 5.69 Å². The van der Waals surface area contributed by atoms with Crippen molar-refractivity contribution < 1.29 is 13.9 Å². The predicted octanol–water partition coefficient (Wildman–Crippen LogP) is 3.60. The number of aromatic nitrogens is 3. The van der Waals surface area contributed by atoms with Gasteiger partial charge in [0.1, 0.15) is 11.6 Å². The highest BCUT2D eigenvalue weighted by atomic mass is 32.1. The van der Waals surface area contributed by atoms with Crippen LogP contribution in [0.15, 0.2) is 40.1 Å². The number of morpholine rings is 1. The van der Waals surface area contributed by atoms with E-state index in [0.717, 1.165) is 77.6 Å². The minimum atomic E-state index is -0.111. The molecule has 4 heterocycles. The number of furan rings is 1. The minimum Gasteiger partial charge on any atom is -0.459 e. The molecule has 0 bridgehead atoms. The summed E-state index contributed by atoms with van der Waals surface area (Å²) >= 11 is 1.47. The highest BCUT2D eigenvalue weighted by Gasteiger charge is 2.14. The van der Waals surface area contributed by atoms with Crippen molar-refractivity contribution in [2.75, 3.05) is 31.6 Å². The maximum absolute atomic E-state index is 12.5. The molecule has 0 atom stereocenters. The number of thiazole rings is 1. The van der Waals surface area contributed by atoms with Crippen molar-refractivity contribution in [2.24, 2.45) is 0 Å². The molecule has 0 unspecified atom stereocenters. The van der Waals surface area contributed by atoms with Gasteiger partial charge in [-0.3, -0.25) is 9.69 Å². The lowest BCUT2D eigenvalue weighted by Gasteiger charge is -2.25. The summed E-state index contributed by atoms with van der Waals surface area (Å²) in [6.45, 7) is 6.01. The van der Waals surface area contributed by atoms with Crippen molar-refractivity contribution in [1.29, 1.82) is 0 Å². The van der Waals surface area contributed by atoms with Crippen LogP contribution in [0.25, 0.3) is 21.8 Å². The Bertz CT molecular complexity index is 1200. The summed E-state index contributed by atoms with van der Waals surface area (Å²) in [5.41, 5.74) is 3.25. The number of rotatable bonds is 6. The molecule has 3 aromatic heterocycles. The summed E-state index contributed by atoms with van der Waals surface area (Å²) < 4.78 is 11.0. The van der Waals surface area contributed by atoms with Crippen LogP contribution in [0, 0.1) is 6.92 Å². The zero-order valence-electron chi connectivity index (χ0n) is 17.2. The van der Waals surface area contributed by atoms with Gasteiger partial charge in [0.15, 0.2) is 10.8 Å². The summed E-state index contributed by atoms with van der Waals surface area (Å²) in [6.07, 6.45) is 0.208. The van der Waals surface area contributed by atoms with Gasteiger partial charge < -0.3 is 19.5 Å². The van der Waals surface area contributed by atoms with Gasteiger partial charge in [-0.1, -0.05) is 0 Å². The number of nitrogens with one attached hydrogen (secondary N) is 2. The number of benzene rings is 1. The molecule has 0 spiro atoms. The van der Waals surface area contributed by atoms with Crippen molar-refractivity contribution in [2.45, 2.75) is 19.9 Å². The smallest absolute Gasteiger partial charge is 0.230 e. The normalized spacial score (nSPS) is 14.9. The number of H-pyrrole nitrogens is 1. The molecule has 5 rings (SSSR count). The molecule has 9 heteroatoms. The van der Waals surface area contributed by atoms with Gasteiger partial charge >= 0.3 is 0 Å². The second-order valence-corrected chi connectivity index (χ2v) is 8.44. The van der Waals surface area contributed by atoms with Crippen LogP contribution in [0.1, 0.15) is 17.3 Å². The van der Waals surface area contributed by atoms with Crippen molar-refractivity contribution in [3.05, 3.63) is 53.0 Å². The first kappa shape index (κ1) is 19.9. The average Bonchev–Trinajstić information content (AvgIpc) is 3.48. The quantitative estimate of drug-likeness (QED) is 0.478. The number of hydrogen-bond donors (Lipinski definition) is 2. The Morgan fingerprint density at radius 2 is 2.10 bits per heavy atom. The number of aromatic amines is 1. The van der Waals surface area contributed by atoms with Gasteiger partial charge in [0.25, 0.3) is 0 Å². The van der Waals surface area contributed by atoms with Crippen LogP contribution in [-0.2, 0) is 22.5 Å². The van der Waals surface area contributed by atoms with Gasteiger partial charge in [-0.2, -0.15) is 0 Å². The molecule has 1 saturated heterocycles. The third-order valence-corrected chi connectivity index (χ3v) is 6.04. The summed E-state index contributed by atoms with van der Waals surface area (Å²) in [5.74, 6) is 2.38. The molecule has 31 heavy (non-hydrogen) atoms. The molecule has 1 aliphatic rings. The van der Waals surface area contributed by atoms with Crippen LogP contribution < -0.4 is 5.32 Å². The fourth-order valence-corrected chi connectivity index (χ4v) is 4.39. The Balaban J connectivity index is 1.22. The molecular weight excluding hydrogens is 414 g/mol.